The van der Waals surface area contributed by atoms with E-state index in [1.165, 1.54) is 32.5 Å². The lowest BCUT2D eigenvalue weighted by atomic mass is 9.99. The average molecular weight is 243 g/mol. The van der Waals surface area contributed by atoms with Crippen molar-refractivity contribution in [2.24, 2.45) is 11.7 Å². The molecule has 0 aromatic carbocycles. The van der Waals surface area contributed by atoms with Crippen LogP contribution in [0.4, 0.5) is 0 Å². The number of likely N-dealkylation sites (tertiary alicyclic amines) is 1. The molecule has 1 fully saturated rings. The van der Waals surface area contributed by atoms with E-state index in [2.05, 4.69) is 16.7 Å². The molecule has 1 aliphatic heterocycles. The molecule has 0 aromatic rings. The maximum Gasteiger partial charge on any atom is 0.0502 e. The smallest absolute Gasteiger partial charge is 0.0502 e. The first-order valence-corrected chi connectivity index (χ1v) is 6.93. The largest absolute Gasteiger partial charge is 0.384 e. The van der Waals surface area contributed by atoms with Crippen LogP contribution in [-0.4, -0.2) is 69.3 Å². The maximum atomic E-state index is 5.60. The number of nitrogens with zero attached hydrogens (tertiary/aromatic N) is 2. The summed E-state index contributed by atoms with van der Waals surface area (Å²) in [7, 11) is 1.80. The Bertz CT molecular complexity index is 188. The minimum Gasteiger partial charge on any atom is -0.384 e. The van der Waals surface area contributed by atoms with Crippen LogP contribution in [0.25, 0.3) is 0 Å². The van der Waals surface area contributed by atoms with E-state index in [1.54, 1.807) is 7.11 Å². The lowest BCUT2D eigenvalue weighted by molar-refractivity contribution is 0.0849. The topological polar surface area (TPSA) is 41.7 Å². The summed E-state index contributed by atoms with van der Waals surface area (Å²) < 4.78 is 5.26. The lowest BCUT2D eigenvalue weighted by Gasteiger charge is -2.33. The van der Waals surface area contributed by atoms with E-state index in [0.29, 0.717) is 0 Å². The van der Waals surface area contributed by atoms with Crippen molar-refractivity contribution in [1.29, 1.82) is 0 Å². The first-order valence-electron chi connectivity index (χ1n) is 6.93. The van der Waals surface area contributed by atoms with Crippen molar-refractivity contribution in [2.45, 2.75) is 19.8 Å². The van der Waals surface area contributed by atoms with E-state index in [4.69, 9.17) is 10.5 Å². The molecule has 0 radical (unpaired) electrons. The van der Waals surface area contributed by atoms with Gasteiger partial charge in [-0.1, -0.05) is 6.92 Å². The van der Waals surface area contributed by atoms with E-state index >= 15 is 0 Å². The van der Waals surface area contributed by atoms with Crippen LogP contribution in [0, 0.1) is 5.92 Å². The van der Waals surface area contributed by atoms with Gasteiger partial charge in [0.05, 0.1) is 6.61 Å². The Morgan fingerprint density at radius 1 is 1.41 bits per heavy atom. The fourth-order valence-corrected chi connectivity index (χ4v) is 2.62. The molecule has 1 aliphatic rings. The minimum atomic E-state index is 0.735. The second-order valence-corrected chi connectivity index (χ2v) is 4.99. The number of hydrogen-bond donors (Lipinski definition) is 1. The van der Waals surface area contributed by atoms with Crippen molar-refractivity contribution in [1.82, 2.24) is 9.80 Å². The third-order valence-corrected chi connectivity index (χ3v) is 3.63. The van der Waals surface area contributed by atoms with Crippen LogP contribution in [-0.2, 0) is 4.74 Å². The van der Waals surface area contributed by atoms with Crippen LogP contribution in [0.3, 0.4) is 0 Å². The predicted molar refractivity (Wildman–Crippen MR) is 72.2 cm³/mol. The fraction of sp³-hybridized carbons (Fsp3) is 1.00. The third-order valence-electron chi connectivity index (χ3n) is 3.63. The van der Waals surface area contributed by atoms with Crippen molar-refractivity contribution < 1.29 is 4.74 Å². The summed E-state index contributed by atoms with van der Waals surface area (Å²) in [5.41, 5.74) is 5.60. The van der Waals surface area contributed by atoms with Gasteiger partial charge in [-0.25, -0.2) is 0 Å². The van der Waals surface area contributed by atoms with Crippen molar-refractivity contribution in [2.75, 3.05) is 59.5 Å². The van der Waals surface area contributed by atoms with Gasteiger partial charge in [-0.05, 0) is 31.8 Å². The van der Waals surface area contributed by atoms with Crippen molar-refractivity contribution in [3.8, 4) is 0 Å². The number of ether oxygens (including phenoxy) is 1. The SMILES string of the molecule is CCN(CCN)CCN1CCCC(COC)C1. The summed E-state index contributed by atoms with van der Waals surface area (Å²) in [5.74, 6) is 0.735. The van der Waals surface area contributed by atoms with Gasteiger partial charge in [0.1, 0.15) is 0 Å². The van der Waals surface area contributed by atoms with Gasteiger partial charge in [-0.3, -0.25) is 0 Å². The van der Waals surface area contributed by atoms with Gasteiger partial charge in [0.2, 0.25) is 0 Å². The molecule has 0 aromatic heterocycles. The van der Waals surface area contributed by atoms with Crippen molar-refractivity contribution >= 4 is 0 Å². The first kappa shape index (κ1) is 14.9. The van der Waals surface area contributed by atoms with Crippen LogP contribution in [0.2, 0.25) is 0 Å². The number of nitrogens with two attached hydrogens (primary N) is 1. The Morgan fingerprint density at radius 3 is 2.88 bits per heavy atom. The van der Waals surface area contributed by atoms with Gasteiger partial charge in [0.25, 0.3) is 0 Å². The van der Waals surface area contributed by atoms with Crippen LogP contribution < -0.4 is 5.73 Å². The Kier molecular flexibility index (Phi) is 7.77. The molecule has 0 amide bonds. The number of hydrogen-bond acceptors (Lipinski definition) is 4. The van der Waals surface area contributed by atoms with Gasteiger partial charge >= 0.3 is 0 Å². The van der Waals surface area contributed by atoms with E-state index < -0.39 is 0 Å². The van der Waals surface area contributed by atoms with Gasteiger partial charge in [-0.15, -0.1) is 0 Å². The van der Waals surface area contributed by atoms with E-state index in [0.717, 1.165) is 38.7 Å². The number of methoxy groups -OCH3 is 1. The van der Waals surface area contributed by atoms with Gasteiger partial charge < -0.3 is 20.3 Å². The van der Waals surface area contributed by atoms with Crippen LogP contribution in [0.15, 0.2) is 0 Å². The molecule has 102 valence electrons. The Hall–Kier alpha value is -0.160. The Morgan fingerprint density at radius 2 is 2.24 bits per heavy atom. The summed E-state index contributed by atoms with van der Waals surface area (Å²) in [5, 5.41) is 0. The maximum absolute atomic E-state index is 5.60. The molecule has 0 saturated carbocycles. The summed E-state index contributed by atoms with van der Waals surface area (Å²) in [6, 6.07) is 0. The quantitative estimate of drug-likeness (QED) is 0.679. The second kappa shape index (κ2) is 8.86. The molecule has 1 saturated heterocycles. The molecule has 4 nitrogen and oxygen atoms in total. The van der Waals surface area contributed by atoms with Crippen LogP contribution >= 0.6 is 0 Å². The molecule has 17 heavy (non-hydrogen) atoms. The molecule has 1 heterocycles. The zero-order valence-corrected chi connectivity index (χ0v) is 11.5. The predicted octanol–water partition coefficient (Wildman–Crippen LogP) is 0.625. The van der Waals surface area contributed by atoms with E-state index in [9.17, 15) is 0 Å². The van der Waals surface area contributed by atoms with Crippen molar-refractivity contribution in [3.63, 3.8) is 0 Å². The summed E-state index contributed by atoms with van der Waals surface area (Å²) in [6.07, 6.45) is 2.64. The Labute approximate surface area is 106 Å². The molecule has 0 bridgehead atoms. The zero-order chi connectivity index (χ0) is 12.5. The number of rotatable bonds is 8. The highest BCUT2D eigenvalue weighted by atomic mass is 16.5. The summed E-state index contributed by atoms with van der Waals surface area (Å²) >= 11 is 0. The fourth-order valence-electron chi connectivity index (χ4n) is 2.62. The second-order valence-electron chi connectivity index (χ2n) is 4.99. The van der Waals surface area contributed by atoms with Crippen LogP contribution in [0.1, 0.15) is 19.8 Å². The van der Waals surface area contributed by atoms with Gasteiger partial charge in [0.15, 0.2) is 0 Å². The third kappa shape index (κ3) is 5.82. The molecule has 2 N–H and O–H groups in total. The molecule has 1 unspecified atom stereocenters. The highest BCUT2D eigenvalue weighted by molar-refractivity contribution is 4.73. The Balaban J connectivity index is 2.21. The highest BCUT2D eigenvalue weighted by Crippen LogP contribution is 2.16. The van der Waals surface area contributed by atoms with Gasteiger partial charge in [-0.2, -0.15) is 0 Å². The standard InChI is InChI=1S/C13H29N3O/c1-3-15(8-6-14)9-10-16-7-4-5-13(11-16)12-17-2/h13H,3-12,14H2,1-2H3. The molecule has 0 spiro atoms. The normalized spacial score (nSPS) is 22.2. The minimum absolute atomic E-state index is 0.735. The lowest BCUT2D eigenvalue weighted by Crippen LogP contribution is -2.42. The monoisotopic (exact) mass is 243 g/mol. The number of likely N-dealkylation sites (N-methyl/N-ethyl adjacent to an activating group) is 1. The summed E-state index contributed by atoms with van der Waals surface area (Å²) in [6.45, 7) is 10.8. The zero-order valence-electron chi connectivity index (χ0n) is 11.5. The first-order chi connectivity index (χ1) is 8.30. The van der Waals surface area contributed by atoms with E-state index in [-0.39, 0.29) is 0 Å². The van der Waals surface area contributed by atoms with Crippen LogP contribution in [0.5, 0.6) is 0 Å². The molecular formula is C13H29N3O. The van der Waals surface area contributed by atoms with E-state index in [1.807, 2.05) is 0 Å². The van der Waals surface area contributed by atoms with Crippen molar-refractivity contribution in [3.05, 3.63) is 0 Å². The van der Waals surface area contributed by atoms with Gasteiger partial charge in [0, 0.05) is 39.8 Å². The molecular weight excluding hydrogens is 214 g/mol. The highest BCUT2D eigenvalue weighted by Gasteiger charge is 2.19. The average Bonchev–Trinajstić information content (AvgIpc) is 2.35. The molecule has 1 rings (SSSR count). The molecule has 1 atom stereocenters. The summed E-state index contributed by atoms with van der Waals surface area (Å²) in [4.78, 5) is 5.01. The molecule has 4 heteroatoms. The number of piperidine rings is 1. The molecule has 0 aliphatic carbocycles.